The summed E-state index contributed by atoms with van der Waals surface area (Å²) < 4.78 is 12.4. The van der Waals surface area contributed by atoms with Crippen molar-refractivity contribution in [1.82, 2.24) is 4.57 Å². The lowest BCUT2D eigenvalue weighted by atomic mass is 10.1. The van der Waals surface area contributed by atoms with Gasteiger partial charge in [-0.2, -0.15) is 5.26 Å². The molecule has 1 aromatic carbocycles. The number of ether oxygens (including phenoxy) is 2. The van der Waals surface area contributed by atoms with Gasteiger partial charge in [-0.15, -0.1) is 0 Å². The molecule has 5 heteroatoms. The van der Waals surface area contributed by atoms with Gasteiger partial charge in [-0.05, 0) is 37.1 Å². The van der Waals surface area contributed by atoms with Gasteiger partial charge in [0.2, 0.25) is 0 Å². The Morgan fingerprint density at radius 3 is 2.55 bits per heavy atom. The average Bonchev–Trinajstić information content (AvgIpc) is 3.38. The number of nitriles is 1. The van der Waals surface area contributed by atoms with Crippen LogP contribution >= 0.6 is 0 Å². The highest BCUT2D eigenvalue weighted by Gasteiger charge is 2.28. The highest BCUT2D eigenvalue weighted by molar-refractivity contribution is 5.69. The lowest BCUT2D eigenvalue weighted by Crippen LogP contribution is -2.23. The van der Waals surface area contributed by atoms with E-state index in [1.165, 1.54) is 0 Å². The van der Waals surface area contributed by atoms with Crippen LogP contribution in [0.4, 0.5) is 0 Å². The van der Waals surface area contributed by atoms with Crippen LogP contribution in [0.15, 0.2) is 35.1 Å². The molecule has 1 aliphatic carbocycles. The maximum Gasteiger partial charge on any atom is 0.269 e. The Hall–Kier alpha value is -2.74. The summed E-state index contributed by atoms with van der Waals surface area (Å²) in [5.74, 6) is 1.33. The fraction of sp³-hybridized carbons (Fsp3) is 0.294. The molecule has 1 aliphatic rings. The molecule has 0 saturated heterocycles. The summed E-state index contributed by atoms with van der Waals surface area (Å²) in [6.07, 6.45) is 1.92. The molecule has 0 N–H and O–H groups in total. The van der Waals surface area contributed by atoms with E-state index >= 15 is 0 Å². The predicted molar refractivity (Wildman–Crippen MR) is 82.2 cm³/mol. The Morgan fingerprint density at radius 2 is 1.95 bits per heavy atom. The molecule has 0 amide bonds. The minimum atomic E-state index is -0.236. The van der Waals surface area contributed by atoms with Gasteiger partial charge in [0.15, 0.2) is 0 Å². The number of nitrogens with zero attached hydrogens (tertiary/aromatic N) is 2. The van der Waals surface area contributed by atoms with Crippen LogP contribution in [0, 0.1) is 11.3 Å². The Bertz CT molecular complexity index is 814. The fourth-order valence-electron chi connectivity index (χ4n) is 2.56. The first kappa shape index (κ1) is 14.2. The van der Waals surface area contributed by atoms with Gasteiger partial charge >= 0.3 is 0 Å². The van der Waals surface area contributed by atoms with Crippen LogP contribution in [0.2, 0.25) is 0 Å². The first-order chi connectivity index (χ1) is 10.7. The molecule has 0 spiro atoms. The summed E-state index contributed by atoms with van der Waals surface area (Å²) in [5.41, 5.74) is 1.52. The third-order valence-electron chi connectivity index (χ3n) is 3.83. The van der Waals surface area contributed by atoms with Crippen LogP contribution in [0.1, 0.15) is 24.4 Å². The van der Waals surface area contributed by atoms with Crippen molar-refractivity contribution in [2.24, 2.45) is 0 Å². The number of hydrogen-bond acceptors (Lipinski definition) is 4. The number of rotatable bonds is 4. The monoisotopic (exact) mass is 296 g/mol. The molecule has 0 bridgehead atoms. The highest BCUT2D eigenvalue weighted by Crippen LogP contribution is 2.40. The van der Waals surface area contributed by atoms with Crippen molar-refractivity contribution in [2.45, 2.75) is 18.9 Å². The molecule has 3 rings (SSSR count). The van der Waals surface area contributed by atoms with E-state index in [9.17, 15) is 4.79 Å². The zero-order valence-electron chi connectivity index (χ0n) is 12.5. The number of hydrogen-bond donors (Lipinski definition) is 0. The summed E-state index contributed by atoms with van der Waals surface area (Å²) in [6.45, 7) is 0. The van der Waals surface area contributed by atoms with E-state index in [2.05, 4.69) is 0 Å². The SMILES string of the molecule is COc1ccc(-c2ccc(C#N)c(=O)n2C2CC2)c(OC)c1. The predicted octanol–water partition coefficient (Wildman–Crippen LogP) is 2.74. The molecule has 0 unspecified atom stereocenters. The van der Waals surface area contributed by atoms with Gasteiger partial charge in [-0.25, -0.2) is 0 Å². The summed E-state index contributed by atoms with van der Waals surface area (Å²) in [6, 6.07) is 11.0. The van der Waals surface area contributed by atoms with E-state index < -0.39 is 0 Å². The Balaban J connectivity index is 2.23. The number of benzene rings is 1. The van der Waals surface area contributed by atoms with E-state index in [0.717, 1.165) is 24.1 Å². The summed E-state index contributed by atoms with van der Waals surface area (Å²) in [5, 5.41) is 9.07. The Kier molecular flexibility index (Phi) is 3.60. The zero-order chi connectivity index (χ0) is 15.7. The molecule has 2 aromatic rings. The van der Waals surface area contributed by atoms with Crippen molar-refractivity contribution in [3.63, 3.8) is 0 Å². The van der Waals surface area contributed by atoms with Gasteiger partial charge in [0, 0.05) is 17.7 Å². The van der Waals surface area contributed by atoms with E-state index in [-0.39, 0.29) is 17.2 Å². The first-order valence-corrected chi connectivity index (χ1v) is 7.07. The molecule has 1 aromatic heterocycles. The number of pyridine rings is 1. The molecule has 1 fully saturated rings. The van der Waals surface area contributed by atoms with Gasteiger partial charge in [-0.3, -0.25) is 4.79 Å². The van der Waals surface area contributed by atoms with Crippen LogP contribution in [0.5, 0.6) is 11.5 Å². The standard InChI is InChI=1S/C17H16N2O3/c1-21-13-6-7-14(16(9-13)22-2)15-8-3-11(10-18)17(20)19(15)12-4-5-12/h3,6-9,12H,4-5H2,1-2H3. The van der Waals surface area contributed by atoms with Crippen LogP contribution < -0.4 is 15.0 Å². The molecule has 0 atom stereocenters. The van der Waals surface area contributed by atoms with Crippen LogP contribution in [-0.2, 0) is 0 Å². The largest absolute Gasteiger partial charge is 0.497 e. The molecule has 0 aliphatic heterocycles. The van der Waals surface area contributed by atoms with Crippen LogP contribution in [-0.4, -0.2) is 18.8 Å². The average molecular weight is 296 g/mol. The van der Waals surface area contributed by atoms with Crippen molar-refractivity contribution in [3.8, 4) is 28.8 Å². The van der Waals surface area contributed by atoms with Crippen molar-refractivity contribution in [3.05, 3.63) is 46.2 Å². The van der Waals surface area contributed by atoms with E-state index in [1.54, 1.807) is 30.9 Å². The van der Waals surface area contributed by atoms with Crippen LogP contribution in [0.3, 0.4) is 0 Å². The quantitative estimate of drug-likeness (QED) is 0.870. The van der Waals surface area contributed by atoms with Crippen molar-refractivity contribution >= 4 is 0 Å². The normalized spacial score (nSPS) is 13.5. The molecule has 22 heavy (non-hydrogen) atoms. The fourth-order valence-corrected chi connectivity index (χ4v) is 2.56. The zero-order valence-corrected chi connectivity index (χ0v) is 12.5. The van der Waals surface area contributed by atoms with E-state index in [4.69, 9.17) is 14.7 Å². The maximum atomic E-state index is 12.5. The third kappa shape index (κ3) is 2.33. The van der Waals surface area contributed by atoms with Gasteiger partial charge < -0.3 is 14.0 Å². The third-order valence-corrected chi connectivity index (χ3v) is 3.83. The van der Waals surface area contributed by atoms with Gasteiger partial charge in [0.25, 0.3) is 5.56 Å². The minimum Gasteiger partial charge on any atom is -0.497 e. The topological polar surface area (TPSA) is 64.2 Å². The lowest BCUT2D eigenvalue weighted by molar-refractivity contribution is 0.395. The molecule has 1 heterocycles. The number of methoxy groups -OCH3 is 2. The first-order valence-electron chi connectivity index (χ1n) is 7.07. The molecular weight excluding hydrogens is 280 g/mol. The van der Waals surface area contributed by atoms with Crippen molar-refractivity contribution in [2.75, 3.05) is 14.2 Å². The maximum absolute atomic E-state index is 12.5. The second kappa shape index (κ2) is 5.57. The summed E-state index contributed by atoms with van der Waals surface area (Å²) in [7, 11) is 3.18. The van der Waals surface area contributed by atoms with E-state index in [0.29, 0.717) is 11.5 Å². The molecular formula is C17H16N2O3. The lowest BCUT2D eigenvalue weighted by Gasteiger charge is -2.16. The Labute approximate surface area is 128 Å². The van der Waals surface area contributed by atoms with Gasteiger partial charge in [0.1, 0.15) is 23.1 Å². The minimum absolute atomic E-state index is 0.169. The van der Waals surface area contributed by atoms with Gasteiger partial charge in [0.05, 0.1) is 19.9 Å². The van der Waals surface area contributed by atoms with Crippen molar-refractivity contribution in [1.29, 1.82) is 5.26 Å². The second-order valence-electron chi connectivity index (χ2n) is 5.22. The Morgan fingerprint density at radius 1 is 1.18 bits per heavy atom. The molecule has 1 saturated carbocycles. The summed E-state index contributed by atoms with van der Waals surface area (Å²) >= 11 is 0. The highest BCUT2D eigenvalue weighted by atomic mass is 16.5. The van der Waals surface area contributed by atoms with Gasteiger partial charge in [-0.1, -0.05) is 0 Å². The molecule has 112 valence electrons. The summed E-state index contributed by atoms with van der Waals surface area (Å²) in [4.78, 5) is 12.5. The number of aromatic nitrogens is 1. The second-order valence-corrected chi connectivity index (χ2v) is 5.22. The smallest absolute Gasteiger partial charge is 0.269 e. The van der Waals surface area contributed by atoms with E-state index in [1.807, 2.05) is 24.3 Å². The van der Waals surface area contributed by atoms with Crippen molar-refractivity contribution < 1.29 is 9.47 Å². The molecule has 5 nitrogen and oxygen atoms in total. The molecule has 0 radical (unpaired) electrons. The van der Waals surface area contributed by atoms with Crippen LogP contribution in [0.25, 0.3) is 11.3 Å².